The van der Waals surface area contributed by atoms with Gasteiger partial charge in [-0.2, -0.15) is 18.4 Å². The van der Waals surface area contributed by atoms with Gasteiger partial charge in [0.1, 0.15) is 0 Å². The molecule has 1 aromatic carbocycles. The van der Waals surface area contributed by atoms with E-state index in [1.54, 1.807) is 12.4 Å². The van der Waals surface area contributed by atoms with Crippen molar-refractivity contribution in [1.29, 1.82) is 5.26 Å². The maximum Gasteiger partial charge on any atom is 0.416 e. The van der Waals surface area contributed by atoms with Gasteiger partial charge in [-0.25, -0.2) is 4.99 Å². The van der Waals surface area contributed by atoms with E-state index in [0.717, 1.165) is 23.9 Å². The fourth-order valence-corrected chi connectivity index (χ4v) is 2.36. The number of nitrogens with one attached hydrogen (secondary N) is 1. The van der Waals surface area contributed by atoms with Gasteiger partial charge in [0.15, 0.2) is 11.4 Å². The second-order valence-corrected chi connectivity index (χ2v) is 5.20. The lowest BCUT2D eigenvalue weighted by Crippen LogP contribution is -2.12. The van der Waals surface area contributed by atoms with Crippen LogP contribution in [0.2, 0.25) is 5.02 Å². The molecule has 102 valence electrons. The van der Waals surface area contributed by atoms with Crippen molar-refractivity contribution in [3.05, 3.63) is 27.2 Å². The van der Waals surface area contributed by atoms with Crippen LogP contribution >= 0.6 is 39.3 Å². The molecule has 0 bridgehead atoms. The molecule has 0 unspecified atom stereocenters. The number of nitrogens with zero attached hydrogens (tertiary/aromatic N) is 2. The molecule has 19 heavy (non-hydrogen) atoms. The van der Waals surface area contributed by atoms with E-state index < -0.39 is 11.7 Å². The Bertz CT molecular complexity index is 531. The van der Waals surface area contributed by atoms with Gasteiger partial charge in [0.25, 0.3) is 0 Å². The number of amidine groups is 1. The maximum absolute atomic E-state index is 12.6. The third-order valence-electron chi connectivity index (χ3n) is 1.91. The van der Waals surface area contributed by atoms with Crippen LogP contribution in [-0.2, 0) is 6.18 Å². The molecule has 0 aliphatic carbocycles. The average molecular weight is 373 g/mol. The topological polar surface area (TPSA) is 48.2 Å². The highest BCUT2D eigenvalue weighted by molar-refractivity contribution is 9.10. The van der Waals surface area contributed by atoms with Crippen molar-refractivity contribution < 1.29 is 13.2 Å². The van der Waals surface area contributed by atoms with Crippen molar-refractivity contribution in [3.8, 4) is 6.19 Å². The second-order valence-electron chi connectivity index (χ2n) is 3.14. The molecule has 0 saturated carbocycles. The number of benzene rings is 1. The van der Waals surface area contributed by atoms with Crippen molar-refractivity contribution in [2.45, 2.75) is 6.18 Å². The van der Waals surface area contributed by atoms with E-state index in [1.165, 1.54) is 0 Å². The summed E-state index contributed by atoms with van der Waals surface area (Å²) in [5.41, 5.74) is -0.746. The fourth-order valence-electron chi connectivity index (χ4n) is 1.11. The normalized spacial score (nSPS) is 12.2. The summed E-state index contributed by atoms with van der Waals surface area (Å²) in [6, 6.07) is 1.67. The largest absolute Gasteiger partial charge is 0.416 e. The predicted molar refractivity (Wildman–Crippen MR) is 73.5 cm³/mol. The van der Waals surface area contributed by atoms with Crippen molar-refractivity contribution in [3.63, 3.8) is 0 Å². The van der Waals surface area contributed by atoms with E-state index in [-0.39, 0.29) is 20.4 Å². The highest BCUT2D eigenvalue weighted by Crippen LogP contribution is 2.40. The molecule has 0 heterocycles. The van der Waals surface area contributed by atoms with Crippen LogP contribution in [-0.4, -0.2) is 11.4 Å². The molecule has 0 saturated heterocycles. The van der Waals surface area contributed by atoms with Crippen LogP contribution in [0.25, 0.3) is 0 Å². The Labute approximate surface area is 125 Å². The van der Waals surface area contributed by atoms with Crippen LogP contribution < -0.4 is 5.32 Å². The summed E-state index contributed by atoms with van der Waals surface area (Å²) in [5, 5.41) is 10.9. The predicted octanol–water partition coefficient (Wildman–Crippen LogP) is 4.54. The van der Waals surface area contributed by atoms with E-state index in [4.69, 9.17) is 16.9 Å². The summed E-state index contributed by atoms with van der Waals surface area (Å²) >= 11 is 9.90. The summed E-state index contributed by atoms with van der Waals surface area (Å²) in [4.78, 5) is 3.99. The Hall–Kier alpha value is -0.910. The van der Waals surface area contributed by atoms with Gasteiger partial charge < -0.3 is 0 Å². The quantitative estimate of drug-likeness (QED) is 0.341. The molecule has 0 atom stereocenters. The van der Waals surface area contributed by atoms with Gasteiger partial charge in [0, 0.05) is 4.47 Å². The molecule has 0 aromatic heterocycles. The molecule has 1 rings (SSSR count). The molecule has 1 aromatic rings. The molecule has 0 radical (unpaired) electrons. The number of aliphatic imine (C=N–C) groups is 1. The molecule has 0 aliphatic heterocycles. The van der Waals surface area contributed by atoms with Crippen LogP contribution in [0.4, 0.5) is 18.9 Å². The van der Waals surface area contributed by atoms with Gasteiger partial charge in [-0.3, -0.25) is 5.32 Å². The number of hydrogen-bond donors (Lipinski definition) is 1. The first kappa shape index (κ1) is 16.1. The van der Waals surface area contributed by atoms with Crippen molar-refractivity contribution in [2.75, 3.05) is 6.26 Å². The molecular formula is C10H6BrClF3N3S. The summed E-state index contributed by atoms with van der Waals surface area (Å²) in [7, 11) is 0. The third kappa shape index (κ3) is 4.30. The minimum Gasteiger partial charge on any atom is -0.271 e. The molecular weight excluding hydrogens is 367 g/mol. The number of thioether (sulfide) groups is 1. The number of alkyl halides is 3. The minimum absolute atomic E-state index is 0.0959. The Morgan fingerprint density at radius 3 is 2.58 bits per heavy atom. The molecule has 0 fully saturated rings. The number of nitriles is 1. The van der Waals surface area contributed by atoms with Crippen molar-refractivity contribution in [2.24, 2.45) is 4.99 Å². The SMILES string of the molecule is CSC(=Nc1c(Cl)cc(C(F)(F)F)cc1Br)NC#N. The fraction of sp³-hybridized carbons (Fsp3) is 0.200. The van der Waals surface area contributed by atoms with Gasteiger partial charge in [-0.1, -0.05) is 23.4 Å². The lowest BCUT2D eigenvalue weighted by atomic mass is 10.2. The van der Waals surface area contributed by atoms with Crippen LogP contribution in [0.5, 0.6) is 0 Å². The zero-order chi connectivity index (χ0) is 14.6. The van der Waals surface area contributed by atoms with Crippen LogP contribution in [0.15, 0.2) is 21.6 Å². The lowest BCUT2D eigenvalue weighted by Gasteiger charge is -2.10. The highest BCUT2D eigenvalue weighted by Gasteiger charge is 2.31. The summed E-state index contributed by atoms with van der Waals surface area (Å²) in [6.45, 7) is 0. The average Bonchev–Trinajstić information content (AvgIpc) is 2.30. The standard InChI is InChI=1S/C10H6BrClF3N3S/c1-19-9(17-4-16)18-8-6(11)2-5(3-7(8)12)10(13,14)15/h2-3H,1H3,(H,17,18). The van der Waals surface area contributed by atoms with Gasteiger partial charge in [-0.05, 0) is 34.3 Å². The van der Waals surface area contributed by atoms with Crippen LogP contribution in [0.3, 0.4) is 0 Å². The first-order chi connectivity index (χ1) is 8.79. The minimum atomic E-state index is -4.48. The van der Waals surface area contributed by atoms with Crippen molar-refractivity contribution in [1.82, 2.24) is 5.32 Å². The molecule has 1 N–H and O–H groups in total. The summed E-state index contributed by atoms with van der Waals surface area (Å²) < 4.78 is 37.8. The molecule has 9 heteroatoms. The highest BCUT2D eigenvalue weighted by atomic mass is 79.9. The first-order valence-electron chi connectivity index (χ1n) is 4.63. The number of halogens is 5. The number of rotatable bonds is 1. The lowest BCUT2D eigenvalue weighted by molar-refractivity contribution is -0.137. The Morgan fingerprint density at radius 2 is 2.16 bits per heavy atom. The van der Waals surface area contributed by atoms with E-state index in [1.807, 2.05) is 0 Å². The Morgan fingerprint density at radius 1 is 1.53 bits per heavy atom. The first-order valence-corrected chi connectivity index (χ1v) is 7.03. The maximum atomic E-state index is 12.6. The smallest absolute Gasteiger partial charge is 0.271 e. The van der Waals surface area contributed by atoms with Crippen LogP contribution in [0.1, 0.15) is 5.56 Å². The van der Waals surface area contributed by atoms with E-state index in [2.05, 4.69) is 26.2 Å². The van der Waals surface area contributed by atoms with Gasteiger partial charge in [0.2, 0.25) is 0 Å². The van der Waals surface area contributed by atoms with Gasteiger partial charge >= 0.3 is 6.18 Å². The van der Waals surface area contributed by atoms with Gasteiger partial charge in [-0.15, -0.1) is 0 Å². The Balaban J connectivity index is 3.29. The van der Waals surface area contributed by atoms with Gasteiger partial charge in [0.05, 0.1) is 16.3 Å². The molecule has 0 aliphatic rings. The zero-order valence-electron chi connectivity index (χ0n) is 9.35. The molecule has 0 amide bonds. The second kappa shape index (κ2) is 6.50. The monoisotopic (exact) mass is 371 g/mol. The number of hydrogen-bond acceptors (Lipinski definition) is 3. The van der Waals surface area contributed by atoms with Crippen molar-refractivity contribution >= 4 is 50.1 Å². The third-order valence-corrected chi connectivity index (χ3v) is 3.39. The molecule has 3 nitrogen and oxygen atoms in total. The van der Waals surface area contributed by atoms with E-state index in [0.29, 0.717) is 0 Å². The zero-order valence-corrected chi connectivity index (χ0v) is 12.5. The van der Waals surface area contributed by atoms with E-state index >= 15 is 0 Å². The summed E-state index contributed by atoms with van der Waals surface area (Å²) in [6.07, 6.45) is -1.15. The Kier molecular flexibility index (Phi) is 5.52. The van der Waals surface area contributed by atoms with Crippen LogP contribution in [0, 0.1) is 11.5 Å². The molecule has 0 spiro atoms. The van der Waals surface area contributed by atoms with E-state index in [9.17, 15) is 13.2 Å². The summed E-state index contributed by atoms with van der Waals surface area (Å²) in [5.74, 6) is 0.